The summed E-state index contributed by atoms with van der Waals surface area (Å²) in [6.07, 6.45) is 3.83. The first-order valence-electron chi connectivity index (χ1n) is 6.86. The van der Waals surface area contributed by atoms with Crippen LogP contribution < -0.4 is 10.0 Å². The van der Waals surface area contributed by atoms with Crippen molar-refractivity contribution < 1.29 is 13.2 Å². The second kappa shape index (κ2) is 5.76. The summed E-state index contributed by atoms with van der Waals surface area (Å²) in [5.74, 6) is 0.473. The summed E-state index contributed by atoms with van der Waals surface area (Å²) >= 11 is 0. The highest BCUT2D eigenvalue weighted by molar-refractivity contribution is 7.88. The first kappa shape index (κ1) is 14.7. The van der Waals surface area contributed by atoms with Gasteiger partial charge in [0.15, 0.2) is 0 Å². The van der Waals surface area contributed by atoms with E-state index in [1.54, 1.807) is 4.90 Å². The van der Waals surface area contributed by atoms with Gasteiger partial charge in [-0.15, -0.1) is 0 Å². The molecule has 2 rings (SSSR count). The highest BCUT2D eigenvalue weighted by Gasteiger charge is 2.34. The predicted molar refractivity (Wildman–Crippen MR) is 73.2 cm³/mol. The number of carbonyl (C=O) groups excluding carboxylic acids is 1. The van der Waals surface area contributed by atoms with Crippen molar-refractivity contribution in [3.8, 4) is 0 Å². The van der Waals surface area contributed by atoms with E-state index < -0.39 is 10.0 Å². The lowest BCUT2D eigenvalue weighted by molar-refractivity contribution is -0.135. The summed E-state index contributed by atoms with van der Waals surface area (Å²) in [5.41, 5.74) is 0. The Labute approximate surface area is 115 Å². The standard InChI is InChI=1S/C12H23N3O3S/c1-9-5-6-13-11(9)12(16)15-7-3-4-10(8-15)14-19(2,17)18/h9-11,13-14H,3-8H2,1-2H3. The van der Waals surface area contributed by atoms with Gasteiger partial charge in [-0.05, 0) is 31.7 Å². The maximum Gasteiger partial charge on any atom is 0.240 e. The Hall–Kier alpha value is -0.660. The van der Waals surface area contributed by atoms with Crippen molar-refractivity contribution in [3.05, 3.63) is 0 Å². The molecule has 0 aromatic carbocycles. The maximum atomic E-state index is 12.4. The maximum absolute atomic E-state index is 12.4. The highest BCUT2D eigenvalue weighted by atomic mass is 32.2. The zero-order valence-corrected chi connectivity index (χ0v) is 12.4. The third kappa shape index (κ3) is 3.90. The van der Waals surface area contributed by atoms with Gasteiger partial charge in [0, 0.05) is 19.1 Å². The van der Waals surface area contributed by atoms with Crippen LogP contribution in [0.4, 0.5) is 0 Å². The molecule has 0 spiro atoms. The second-order valence-electron chi connectivity index (χ2n) is 5.71. The lowest BCUT2D eigenvalue weighted by Crippen LogP contribution is -2.54. The van der Waals surface area contributed by atoms with Crippen LogP contribution in [0.25, 0.3) is 0 Å². The first-order chi connectivity index (χ1) is 8.87. The molecule has 6 nitrogen and oxygen atoms in total. The number of hydrogen-bond acceptors (Lipinski definition) is 4. The van der Waals surface area contributed by atoms with Gasteiger partial charge in [-0.3, -0.25) is 4.79 Å². The van der Waals surface area contributed by atoms with Crippen molar-refractivity contribution in [2.75, 3.05) is 25.9 Å². The molecule has 1 amide bonds. The molecule has 0 radical (unpaired) electrons. The zero-order valence-electron chi connectivity index (χ0n) is 11.6. The summed E-state index contributed by atoms with van der Waals surface area (Å²) < 4.78 is 25.1. The Balaban J connectivity index is 1.95. The molecule has 19 heavy (non-hydrogen) atoms. The lowest BCUT2D eigenvalue weighted by atomic mass is 10.00. The Bertz CT molecular complexity index is 438. The van der Waals surface area contributed by atoms with Gasteiger partial charge in [0.1, 0.15) is 0 Å². The molecule has 2 saturated heterocycles. The lowest BCUT2D eigenvalue weighted by Gasteiger charge is -2.35. The molecule has 0 aromatic rings. The van der Waals surface area contributed by atoms with E-state index in [1.807, 2.05) is 0 Å². The number of sulfonamides is 1. The van der Waals surface area contributed by atoms with E-state index in [9.17, 15) is 13.2 Å². The van der Waals surface area contributed by atoms with Gasteiger partial charge in [0.05, 0.1) is 12.3 Å². The largest absolute Gasteiger partial charge is 0.340 e. The number of nitrogens with one attached hydrogen (secondary N) is 2. The fourth-order valence-corrected chi connectivity index (χ4v) is 3.74. The van der Waals surface area contributed by atoms with E-state index in [-0.39, 0.29) is 18.0 Å². The van der Waals surface area contributed by atoms with Crippen LogP contribution in [0.15, 0.2) is 0 Å². The molecule has 2 heterocycles. The molecular formula is C12H23N3O3S. The van der Waals surface area contributed by atoms with Crippen molar-refractivity contribution >= 4 is 15.9 Å². The third-order valence-electron chi connectivity index (χ3n) is 3.91. The number of hydrogen-bond donors (Lipinski definition) is 2. The summed E-state index contributed by atoms with van der Waals surface area (Å²) in [4.78, 5) is 14.2. The van der Waals surface area contributed by atoms with Crippen molar-refractivity contribution in [1.29, 1.82) is 0 Å². The van der Waals surface area contributed by atoms with Crippen LogP contribution >= 0.6 is 0 Å². The van der Waals surface area contributed by atoms with Gasteiger partial charge >= 0.3 is 0 Å². The molecule has 0 saturated carbocycles. The van der Waals surface area contributed by atoms with E-state index in [0.717, 1.165) is 38.6 Å². The highest BCUT2D eigenvalue weighted by Crippen LogP contribution is 2.19. The van der Waals surface area contributed by atoms with E-state index >= 15 is 0 Å². The Morgan fingerprint density at radius 1 is 1.37 bits per heavy atom. The number of carbonyl (C=O) groups is 1. The quantitative estimate of drug-likeness (QED) is 0.736. The zero-order chi connectivity index (χ0) is 14.0. The molecule has 0 aliphatic carbocycles. The van der Waals surface area contributed by atoms with Gasteiger partial charge in [0.2, 0.25) is 15.9 Å². The van der Waals surface area contributed by atoms with Crippen molar-refractivity contribution in [1.82, 2.24) is 14.9 Å². The SMILES string of the molecule is CC1CCNC1C(=O)N1CCCC(NS(C)(=O)=O)C1. The number of rotatable bonds is 3. The number of amides is 1. The smallest absolute Gasteiger partial charge is 0.240 e. The number of likely N-dealkylation sites (tertiary alicyclic amines) is 1. The summed E-state index contributed by atoms with van der Waals surface area (Å²) in [6, 6.07) is -0.249. The van der Waals surface area contributed by atoms with Gasteiger partial charge in [0.25, 0.3) is 0 Å². The molecule has 0 bridgehead atoms. The fraction of sp³-hybridized carbons (Fsp3) is 0.917. The average molecular weight is 289 g/mol. The summed E-state index contributed by atoms with van der Waals surface area (Å²) in [6.45, 7) is 4.18. The van der Waals surface area contributed by atoms with Crippen LogP contribution in [0.5, 0.6) is 0 Å². The topological polar surface area (TPSA) is 78.5 Å². The van der Waals surface area contributed by atoms with E-state index in [2.05, 4.69) is 17.0 Å². The van der Waals surface area contributed by atoms with Crippen LogP contribution in [-0.4, -0.2) is 57.2 Å². The van der Waals surface area contributed by atoms with Crippen LogP contribution in [0.3, 0.4) is 0 Å². The molecule has 2 aliphatic heterocycles. The summed E-state index contributed by atoms with van der Waals surface area (Å²) in [5, 5.41) is 3.24. The molecular weight excluding hydrogens is 266 g/mol. The Morgan fingerprint density at radius 2 is 2.11 bits per heavy atom. The van der Waals surface area contributed by atoms with Crippen LogP contribution in [0.1, 0.15) is 26.2 Å². The number of piperidine rings is 1. The van der Waals surface area contributed by atoms with E-state index in [1.165, 1.54) is 0 Å². The molecule has 2 N–H and O–H groups in total. The number of nitrogens with zero attached hydrogens (tertiary/aromatic N) is 1. The monoisotopic (exact) mass is 289 g/mol. The Morgan fingerprint density at radius 3 is 2.68 bits per heavy atom. The Kier molecular flexibility index (Phi) is 4.47. The molecule has 3 unspecified atom stereocenters. The van der Waals surface area contributed by atoms with Gasteiger partial charge in [-0.1, -0.05) is 6.92 Å². The first-order valence-corrected chi connectivity index (χ1v) is 8.75. The molecule has 2 fully saturated rings. The van der Waals surface area contributed by atoms with E-state index in [4.69, 9.17) is 0 Å². The van der Waals surface area contributed by atoms with Crippen LogP contribution in [-0.2, 0) is 14.8 Å². The predicted octanol–water partition coefficient (Wildman–Crippen LogP) is -0.475. The van der Waals surface area contributed by atoms with Gasteiger partial charge in [-0.2, -0.15) is 0 Å². The normalized spacial score (nSPS) is 32.5. The summed E-state index contributed by atoms with van der Waals surface area (Å²) in [7, 11) is -3.21. The minimum Gasteiger partial charge on any atom is -0.340 e. The molecule has 2 aliphatic rings. The average Bonchev–Trinajstić information content (AvgIpc) is 2.72. The molecule has 7 heteroatoms. The van der Waals surface area contributed by atoms with Crippen molar-refractivity contribution in [3.63, 3.8) is 0 Å². The van der Waals surface area contributed by atoms with Crippen molar-refractivity contribution in [2.24, 2.45) is 5.92 Å². The minimum atomic E-state index is -3.21. The molecule has 110 valence electrons. The minimum absolute atomic E-state index is 0.100. The van der Waals surface area contributed by atoms with Gasteiger partial charge in [-0.25, -0.2) is 13.1 Å². The second-order valence-corrected chi connectivity index (χ2v) is 7.49. The molecule has 0 aromatic heterocycles. The molecule has 3 atom stereocenters. The fourth-order valence-electron chi connectivity index (χ4n) is 2.94. The third-order valence-corrected chi connectivity index (χ3v) is 4.67. The van der Waals surface area contributed by atoms with Crippen LogP contribution in [0, 0.1) is 5.92 Å². The van der Waals surface area contributed by atoms with Crippen LogP contribution in [0.2, 0.25) is 0 Å². The van der Waals surface area contributed by atoms with Gasteiger partial charge < -0.3 is 10.2 Å². The van der Waals surface area contributed by atoms with E-state index in [0.29, 0.717) is 12.5 Å². The van der Waals surface area contributed by atoms with Crippen molar-refractivity contribution in [2.45, 2.75) is 38.3 Å².